The summed E-state index contributed by atoms with van der Waals surface area (Å²) in [5.41, 5.74) is 1.38. The largest absolute Gasteiger partial charge is 0.495 e. The number of carbonyl (C=O) groups excluding carboxylic acids is 2. The number of aryl methyl sites for hydroxylation is 1. The first kappa shape index (κ1) is 20.5. The van der Waals surface area contributed by atoms with Crippen LogP contribution in [0.3, 0.4) is 0 Å². The summed E-state index contributed by atoms with van der Waals surface area (Å²) in [6, 6.07) is 15.3. The number of nitrogens with one attached hydrogen (secondary N) is 1. The molecule has 0 unspecified atom stereocenters. The van der Waals surface area contributed by atoms with Gasteiger partial charge in [0.2, 0.25) is 11.8 Å². The van der Waals surface area contributed by atoms with E-state index in [4.69, 9.17) is 4.74 Å². The Hall–Kier alpha value is -2.82. The molecule has 0 aliphatic rings. The number of hydrogen-bond acceptors (Lipinski definition) is 3. The van der Waals surface area contributed by atoms with Crippen LogP contribution in [0.4, 0.5) is 5.69 Å². The van der Waals surface area contributed by atoms with E-state index in [1.807, 2.05) is 56.3 Å². The van der Waals surface area contributed by atoms with Crippen LogP contribution >= 0.6 is 0 Å². The van der Waals surface area contributed by atoms with E-state index in [-0.39, 0.29) is 11.8 Å². The molecule has 0 aromatic heterocycles. The minimum absolute atomic E-state index is 0.210. The minimum atomic E-state index is -1.21. The highest BCUT2D eigenvalue weighted by atomic mass is 16.5. The Morgan fingerprint density at radius 1 is 1.11 bits per heavy atom. The number of nitrogens with zero attached hydrogens (tertiary/aromatic N) is 1. The molecule has 0 fully saturated rings. The van der Waals surface area contributed by atoms with E-state index in [2.05, 4.69) is 5.32 Å². The van der Waals surface area contributed by atoms with Crippen LogP contribution in [-0.4, -0.2) is 30.4 Å². The molecule has 2 aromatic rings. The van der Waals surface area contributed by atoms with Gasteiger partial charge in [0, 0.05) is 13.1 Å². The second kappa shape index (κ2) is 8.71. The summed E-state index contributed by atoms with van der Waals surface area (Å²) in [5.74, 6) is -0.00489. The first-order valence-corrected chi connectivity index (χ1v) is 9.09. The fraction of sp³-hybridized carbons (Fsp3) is 0.364. The maximum absolute atomic E-state index is 13.1. The molecule has 0 atom stereocenters. The molecule has 0 spiro atoms. The fourth-order valence-electron chi connectivity index (χ4n) is 2.82. The van der Waals surface area contributed by atoms with Gasteiger partial charge in [-0.25, -0.2) is 0 Å². The molecule has 2 amide bonds. The Kier molecular flexibility index (Phi) is 6.61. The third-order valence-electron chi connectivity index (χ3n) is 4.59. The zero-order chi connectivity index (χ0) is 20.0. The second-order valence-electron chi connectivity index (χ2n) is 7.09. The highest BCUT2D eigenvalue weighted by molar-refractivity contribution is 6.10. The van der Waals surface area contributed by atoms with Gasteiger partial charge in [0.15, 0.2) is 0 Å². The number of methoxy groups -OCH3 is 1. The van der Waals surface area contributed by atoms with E-state index >= 15 is 0 Å². The Balaban J connectivity index is 2.18. The molecular formula is C22H28N2O3. The summed E-state index contributed by atoms with van der Waals surface area (Å²) in [5, 5.41) is 2.85. The molecule has 0 aliphatic heterocycles. The first-order valence-electron chi connectivity index (χ1n) is 9.09. The summed E-state index contributed by atoms with van der Waals surface area (Å²) >= 11 is 0. The Bertz CT molecular complexity index is 800. The van der Waals surface area contributed by atoms with Crippen molar-refractivity contribution in [3.05, 3.63) is 59.7 Å². The minimum Gasteiger partial charge on any atom is -0.495 e. The van der Waals surface area contributed by atoms with Crippen molar-refractivity contribution in [1.82, 2.24) is 4.90 Å². The molecule has 0 saturated carbocycles. The Labute approximate surface area is 161 Å². The molecule has 5 nitrogen and oxygen atoms in total. The van der Waals surface area contributed by atoms with E-state index in [1.165, 1.54) is 0 Å². The number of hydrogen-bond donors (Lipinski definition) is 1. The second-order valence-corrected chi connectivity index (χ2v) is 7.09. The third-order valence-corrected chi connectivity index (χ3v) is 4.59. The number of benzene rings is 2. The molecule has 0 radical (unpaired) electrons. The summed E-state index contributed by atoms with van der Waals surface area (Å²) in [7, 11) is 1.55. The average Bonchev–Trinajstić information content (AvgIpc) is 2.66. The zero-order valence-electron chi connectivity index (χ0n) is 16.7. The predicted octanol–water partition coefficient (Wildman–Crippen LogP) is 4.02. The lowest BCUT2D eigenvalue weighted by Gasteiger charge is -2.30. The van der Waals surface area contributed by atoms with Crippen molar-refractivity contribution in [3.8, 4) is 5.75 Å². The van der Waals surface area contributed by atoms with Crippen molar-refractivity contribution in [2.45, 2.75) is 34.2 Å². The topological polar surface area (TPSA) is 58.6 Å². The monoisotopic (exact) mass is 368 g/mol. The average molecular weight is 368 g/mol. The van der Waals surface area contributed by atoms with Crippen LogP contribution in [0.2, 0.25) is 0 Å². The molecule has 0 heterocycles. The number of amides is 2. The molecule has 0 bridgehead atoms. The van der Waals surface area contributed by atoms with Gasteiger partial charge in [-0.2, -0.15) is 0 Å². The predicted molar refractivity (Wildman–Crippen MR) is 108 cm³/mol. The van der Waals surface area contributed by atoms with Crippen LogP contribution in [-0.2, 0) is 16.1 Å². The molecule has 2 aromatic carbocycles. The molecule has 2 rings (SSSR count). The van der Waals surface area contributed by atoms with Crippen molar-refractivity contribution in [3.63, 3.8) is 0 Å². The van der Waals surface area contributed by atoms with Crippen LogP contribution in [0.25, 0.3) is 0 Å². The normalized spacial score (nSPS) is 11.0. The van der Waals surface area contributed by atoms with Crippen molar-refractivity contribution >= 4 is 17.5 Å². The number of carbonyl (C=O) groups is 2. The maximum Gasteiger partial charge on any atom is 0.239 e. The molecule has 27 heavy (non-hydrogen) atoms. The van der Waals surface area contributed by atoms with E-state index < -0.39 is 5.41 Å². The first-order chi connectivity index (χ1) is 12.8. The van der Waals surface area contributed by atoms with Gasteiger partial charge >= 0.3 is 0 Å². The smallest absolute Gasteiger partial charge is 0.239 e. The van der Waals surface area contributed by atoms with Crippen molar-refractivity contribution in [2.75, 3.05) is 19.0 Å². The van der Waals surface area contributed by atoms with Crippen LogP contribution in [0, 0.1) is 12.3 Å². The number of rotatable bonds is 7. The SMILES string of the molecule is CCN(Cc1ccccc1)C(=O)C(C)(C)C(=O)Nc1cc(C)ccc1OC. The lowest BCUT2D eigenvalue weighted by atomic mass is 9.89. The summed E-state index contributed by atoms with van der Waals surface area (Å²) < 4.78 is 5.31. The molecular weight excluding hydrogens is 340 g/mol. The van der Waals surface area contributed by atoms with Gasteiger partial charge in [0.25, 0.3) is 0 Å². The van der Waals surface area contributed by atoms with Crippen molar-refractivity contribution < 1.29 is 14.3 Å². The van der Waals surface area contributed by atoms with Gasteiger partial charge in [-0.15, -0.1) is 0 Å². The molecule has 5 heteroatoms. The van der Waals surface area contributed by atoms with Gasteiger partial charge in [-0.05, 0) is 51.0 Å². The quantitative estimate of drug-likeness (QED) is 0.751. The van der Waals surface area contributed by atoms with Crippen LogP contribution in [0.5, 0.6) is 5.75 Å². The lowest BCUT2D eigenvalue weighted by molar-refractivity contribution is -0.146. The highest BCUT2D eigenvalue weighted by Gasteiger charge is 2.39. The Morgan fingerprint density at radius 2 is 1.78 bits per heavy atom. The van der Waals surface area contributed by atoms with Crippen molar-refractivity contribution in [2.24, 2.45) is 5.41 Å². The third kappa shape index (κ3) is 4.88. The maximum atomic E-state index is 13.1. The van der Waals surface area contributed by atoms with Crippen LogP contribution in [0.1, 0.15) is 31.9 Å². The van der Waals surface area contributed by atoms with Gasteiger partial charge in [0.05, 0.1) is 12.8 Å². The van der Waals surface area contributed by atoms with E-state index in [9.17, 15) is 9.59 Å². The van der Waals surface area contributed by atoms with Gasteiger partial charge in [-0.3, -0.25) is 9.59 Å². The summed E-state index contributed by atoms with van der Waals surface area (Å²) in [6.07, 6.45) is 0. The zero-order valence-corrected chi connectivity index (χ0v) is 16.7. The van der Waals surface area contributed by atoms with Crippen molar-refractivity contribution in [1.29, 1.82) is 0 Å². The molecule has 0 aliphatic carbocycles. The van der Waals surface area contributed by atoms with E-state index in [0.717, 1.165) is 11.1 Å². The lowest BCUT2D eigenvalue weighted by Crippen LogP contribution is -2.47. The molecule has 0 saturated heterocycles. The van der Waals surface area contributed by atoms with Crippen LogP contribution < -0.4 is 10.1 Å². The number of anilines is 1. The van der Waals surface area contributed by atoms with Gasteiger partial charge in [0.1, 0.15) is 11.2 Å². The highest BCUT2D eigenvalue weighted by Crippen LogP contribution is 2.29. The fourth-order valence-corrected chi connectivity index (χ4v) is 2.82. The summed E-state index contributed by atoms with van der Waals surface area (Å²) in [4.78, 5) is 27.7. The van der Waals surface area contributed by atoms with E-state index in [0.29, 0.717) is 24.5 Å². The summed E-state index contributed by atoms with van der Waals surface area (Å²) in [6.45, 7) is 8.16. The van der Waals surface area contributed by atoms with E-state index in [1.54, 1.807) is 31.9 Å². The standard InChI is InChI=1S/C22H28N2O3/c1-6-24(15-17-10-8-7-9-11-17)21(26)22(3,4)20(25)23-18-14-16(2)12-13-19(18)27-5/h7-14H,6,15H2,1-5H3,(H,23,25). The molecule has 144 valence electrons. The molecule has 1 N–H and O–H groups in total. The van der Waals surface area contributed by atoms with Crippen LogP contribution in [0.15, 0.2) is 48.5 Å². The number of ether oxygens (including phenoxy) is 1. The van der Waals surface area contributed by atoms with Gasteiger partial charge in [-0.1, -0.05) is 36.4 Å². The van der Waals surface area contributed by atoms with Gasteiger partial charge < -0.3 is 15.0 Å². The Morgan fingerprint density at radius 3 is 2.37 bits per heavy atom.